The summed E-state index contributed by atoms with van der Waals surface area (Å²) in [4.78, 5) is 53.5. The third-order valence-electron chi connectivity index (χ3n) is 5.87. The minimum Gasteiger partial charge on any atom is -0.383 e. The second kappa shape index (κ2) is 10.3. The number of unbranched alkanes of at least 4 members (excludes halogenated alkanes) is 1. The van der Waals surface area contributed by atoms with Gasteiger partial charge in [0.1, 0.15) is 22.0 Å². The normalized spacial score (nSPS) is 13.1. The van der Waals surface area contributed by atoms with Gasteiger partial charge in [0.15, 0.2) is 5.69 Å². The van der Waals surface area contributed by atoms with Crippen LogP contribution < -0.4 is 21.9 Å². The zero-order chi connectivity index (χ0) is 24.4. The van der Waals surface area contributed by atoms with E-state index in [1.165, 1.54) is 31.7 Å². The van der Waals surface area contributed by atoms with E-state index in [1.54, 1.807) is 17.7 Å². The summed E-state index contributed by atoms with van der Waals surface area (Å²) >= 11 is 3.06. The zero-order valence-corrected chi connectivity index (χ0v) is 21.4. The predicted octanol–water partition coefficient (Wildman–Crippen LogP) is 3.19. The van der Waals surface area contributed by atoms with E-state index < -0.39 is 11.2 Å². The number of thiophene rings is 1. The third-order valence-corrected chi connectivity index (χ3v) is 8.04. The first kappa shape index (κ1) is 24.5. The van der Waals surface area contributed by atoms with Gasteiger partial charge in [0.2, 0.25) is 5.91 Å². The van der Waals surface area contributed by atoms with Crippen molar-refractivity contribution in [2.45, 2.75) is 64.4 Å². The van der Waals surface area contributed by atoms with Crippen LogP contribution in [0.3, 0.4) is 0 Å². The molecule has 0 aliphatic heterocycles. The topological polar surface area (TPSA) is 127 Å². The monoisotopic (exact) mass is 502 g/mol. The summed E-state index contributed by atoms with van der Waals surface area (Å²) in [7, 11) is 0. The molecule has 1 amide bonds. The Hall–Kier alpha value is -2.66. The number of thioether (sulfide) groups is 1. The molecule has 3 N–H and O–H groups in total. The van der Waals surface area contributed by atoms with Gasteiger partial charge in [-0.15, -0.1) is 11.3 Å². The predicted molar refractivity (Wildman–Crippen MR) is 138 cm³/mol. The number of aromatic nitrogens is 4. The van der Waals surface area contributed by atoms with Crippen molar-refractivity contribution >= 4 is 50.7 Å². The summed E-state index contributed by atoms with van der Waals surface area (Å²) in [6, 6.07) is 0. The summed E-state index contributed by atoms with van der Waals surface area (Å²) in [6.45, 7) is 6.63. The number of aryl methyl sites for hydroxylation is 2. The van der Waals surface area contributed by atoms with Gasteiger partial charge in [-0.2, -0.15) is 0 Å². The molecule has 0 unspecified atom stereocenters. The maximum Gasteiger partial charge on any atom is 0.330 e. The lowest BCUT2D eigenvalue weighted by molar-refractivity contribution is -0.116. The molecule has 0 bridgehead atoms. The molecule has 182 valence electrons. The van der Waals surface area contributed by atoms with E-state index >= 15 is 0 Å². The Morgan fingerprint density at radius 1 is 1.32 bits per heavy atom. The Morgan fingerprint density at radius 3 is 2.85 bits per heavy atom. The van der Waals surface area contributed by atoms with Crippen LogP contribution in [0.25, 0.3) is 10.2 Å². The van der Waals surface area contributed by atoms with Crippen LogP contribution in [0.2, 0.25) is 0 Å². The molecule has 34 heavy (non-hydrogen) atoms. The summed E-state index contributed by atoms with van der Waals surface area (Å²) in [5.74, 6) is -0.0395. The summed E-state index contributed by atoms with van der Waals surface area (Å²) in [6.07, 6.45) is 6.35. The molecule has 1 aliphatic rings. The van der Waals surface area contributed by atoms with Crippen LogP contribution in [0.4, 0.5) is 11.5 Å². The number of nitrogen functional groups attached to an aromatic ring is 1. The second-order valence-electron chi connectivity index (χ2n) is 8.90. The van der Waals surface area contributed by atoms with Crippen molar-refractivity contribution in [2.24, 2.45) is 5.92 Å². The Labute approximate surface area is 205 Å². The van der Waals surface area contributed by atoms with Gasteiger partial charge in [-0.1, -0.05) is 39.0 Å². The first-order valence-corrected chi connectivity index (χ1v) is 13.4. The molecule has 11 heteroatoms. The van der Waals surface area contributed by atoms with E-state index in [2.05, 4.69) is 15.0 Å². The SMILES string of the molecule is CCCCn1c(N)c(N(CC(C)C)C(=O)CSc2ncnc3sc4c(c23)CCC4)c(=O)[nH]c1=O. The summed E-state index contributed by atoms with van der Waals surface area (Å²) in [5.41, 5.74) is 6.44. The number of anilines is 2. The molecule has 0 radical (unpaired) electrons. The van der Waals surface area contributed by atoms with Crippen molar-refractivity contribution in [3.8, 4) is 0 Å². The molecule has 0 aromatic carbocycles. The zero-order valence-electron chi connectivity index (χ0n) is 19.7. The number of carbonyl (C=O) groups is 1. The fraction of sp³-hybridized carbons (Fsp3) is 0.522. The van der Waals surface area contributed by atoms with Crippen molar-refractivity contribution in [1.29, 1.82) is 0 Å². The summed E-state index contributed by atoms with van der Waals surface area (Å²) < 4.78 is 1.34. The largest absolute Gasteiger partial charge is 0.383 e. The highest BCUT2D eigenvalue weighted by molar-refractivity contribution is 8.00. The molecule has 1 aliphatic carbocycles. The Balaban J connectivity index is 1.65. The molecule has 3 aromatic heterocycles. The van der Waals surface area contributed by atoms with Crippen LogP contribution in [0, 0.1) is 5.92 Å². The molecule has 4 rings (SSSR count). The van der Waals surface area contributed by atoms with Gasteiger partial charge in [-0.25, -0.2) is 14.8 Å². The van der Waals surface area contributed by atoms with Crippen LogP contribution in [0.15, 0.2) is 20.9 Å². The fourth-order valence-corrected chi connectivity index (χ4v) is 6.47. The lowest BCUT2D eigenvalue weighted by Gasteiger charge is -2.26. The third kappa shape index (κ3) is 4.76. The molecule has 9 nitrogen and oxygen atoms in total. The average Bonchev–Trinajstić information content (AvgIpc) is 3.37. The van der Waals surface area contributed by atoms with Gasteiger partial charge in [-0.3, -0.25) is 19.1 Å². The molecular formula is C23H30N6O3S2. The lowest BCUT2D eigenvalue weighted by Crippen LogP contribution is -2.43. The Bertz CT molecular complexity index is 1330. The minimum absolute atomic E-state index is 0.0290. The van der Waals surface area contributed by atoms with Crippen LogP contribution in [0.5, 0.6) is 0 Å². The maximum atomic E-state index is 13.4. The van der Waals surface area contributed by atoms with Gasteiger partial charge in [0, 0.05) is 23.4 Å². The van der Waals surface area contributed by atoms with Crippen molar-refractivity contribution in [3.63, 3.8) is 0 Å². The average molecular weight is 503 g/mol. The number of hydrogen-bond acceptors (Lipinski definition) is 8. The van der Waals surface area contributed by atoms with E-state index in [-0.39, 0.29) is 29.1 Å². The lowest BCUT2D eigenvalue weighted by atomic mass is 10.2. The van der Waals surface area contributed by atoms with E-state index in [0.717, 1.165) is 47.3 Å². The van der Waals surface area contributed by atoms with Crippen molar-refractivity contribution in [3.05, 3.63) is 37.6 Å². The molecule has 0 atom stereocenters. The van der Waals surface area contributed by atoms with Crippen molar-refractivity contribution in [2.75, 3.05) is 22.9 Å². The van der Waals surface area contributed by atoms with Crippen LogP contribution in [-0.2, 0) is 24.2 Å². The highest BCUT2D eigenvalue weighted by Crippen LogP contribution is 2.40. The highest BCUT2D eigenvalue weighted by Gasteiger charge is 2.26. The molecule has 3 heterocycles. The van der Waals surface area contributed by atoms with Gasteiger partial charge >= 0.3 is 5.69 Å². The van der Waals surface area contributed by atoms with E-state index in [4.69, 9.17) is 5.73 Å². The van der Waals surface area contributed by atoms with Crippen molar-refractivity contribution in [1.82, 2.24) is 19.5 Å². The molecule has 0 fully saturated rings. The van der Waals surface area contributed by atoms with E-state index in [9.17, 15) is 14.4 Å². The first-order valence-electron chi connectivity index (χ1n) is 11.6. The number of hydrogen-bond donors (Lipinski definition) is 2. The molecule has 0 spiro atoms. The number of fused-ring (bicyclic) bond motifs is 3. The van der Waals surface area contributed by atoms with E-state index in [1.807, 2.05) is 20.8 Å². The number of carbonyl (C=O) groups excluding carboxylic acids is 1. The quantitative estimate of drug-likeness (QED) is 0.340. The van der Waals surface area contributed by atoms with Gasteiger partial charge in [0.25, 0.3) is 5.56 Å². The summed E-state index contributed by atoms with van der Waals surface area (Å²) in [5, 5.41) is 1.84. The number of amides is 1. The van der Waals surface area contributed by atoms with Crippen LogP contribution >= 0.6 is 23.1 Å². The van der Waals surface area contributed by atoms with Crippen LogP contribution in [0.1, 0.15) is 50.5 Å². The standard InChI is InChI=1S/C23H30N6O3S2/c1-4-5-9-28-19(24)18(20(31)27-23(28)32)29(10-13(2)3)16(30)11-33-21-17-14-7-6-8-15(14)34-22(17)26-12-25-21/h12-13H,4-11,24H2,1-3H3,(H,27,31,32). The molecular weight excluding hydrogens is 472 g/mol. The number of nitrogens with zero attached hydrogens (tertiary/aromatic N) is 4. The van der Waals surface area contributed by atoms with Gasteiger partial charge in [-0.05, 0) is 37.2 Å². The number of aromatic amines is 1. The Morgan fingerprint density at radius 2 is 2.12 bits per heavy atom. The number of nitrogens with two attached hydrogens (primary N) is 1. The second-order valence-corrected chi connectivity index (χ2v) is 10.9. The number of rotatable bonds is 9. The molecule has 0 saturated heterocycles. The van der Waals surface area contributed by atoms with Crippen molar-refractivity contribution < 1.29 is 4.79 Å². The maximum absolute atomic E-state index is 13.4. The van der Waals surface area contributed by atoms with Crippen LogP contribution in [-0.4, -0.2) is 37.7 Å². The molecule has 3 aromatic rings. The fourth-order valence-electron chi connectivity index (χ4n) is 4.28. The number of H-pyrrole nitrogens is 1. The smallest absolute Gasteiger partial charge is 0.330 e. The highest BCUT2D eigenvalue weighted by atomic mass is 32.2. The minimum atomic E-state index is -0.644. The van der Waals surface area contributed by atoms with Gasteiger partial charge in [0.05, 0.1) is 5.75 Å². The number of nitrogens with one attached hydrogen (secondary N) is 1. The molecule has 0 saturated carbocycles. The van der Waals surface area contributed by atoms with E-state index in [0.29, 0.717) is 13.1 Å². The van der Waals surface area contributed by atoms with Gasteiger partial charge < -0.3 is 10.6 Å². The Kier molecular flexibility index (Phi) is 7.42. The first-order chi connectivity index (χ1) is 16.3.